The van der Waals surface area contributed by atoms with E-state index in [1.807, 2.05) is 0 Å². The normalized spacial score (nSPS) is 15.6. The Morgan fingerprint density at radius 2 is 2.20 bits per heavy atom. The highest BCUT2D eigenvalue weighted by Gasteiger charge is 2.17. The third kappa shape index (κ3) is 1.23. The molecule has 0 radical (unpaired) electrons. The summed E-state index contributed by atoms with van der Waals surface area (Å²) in [5.74, 6) is -0.352. The number of hydrogen-bond donors (Lipinski definition) is 1. The van der Waals surface area contributed by atoms with Crippen LogP contribution in [0.1, 0.15) is 5.82 Å². The molecule has 0 saturated heterocycles. The second-order valence-electron chi connectivity index (χ2n) is 3.61. The molecule has 1 aliphatic rings. The van der Waals surface area contributed by atoms with Crippen molar-refractivity contribution in [3.63, 3.8) is 0 Å². The van der Waals surface area contributed by atoms with Gasteiger partial charge in [-0.25, -0.2) is 13.8 Å². The van der Waals surface area contributed by atoms with Crippen molar-refractivity contribution in [1.29, 1.82) is 0 Å². The van der Waals surface area contributed by atoms with Crippen molar-refractivity contribution >= 4 is 11.0 Å². The molecule has 1 aromatic heterocycles. The van der Waals surface area contributed by atoms with Gasteiger partial charge in [-0.1, -0.05) is 0 Å². The molecule has 0 bridgehead atoms. The zero-order chi connectivity index (χ0) is 10.4. The van der Waals surface area contributed by atoms with E-state index < -0.39 is 11.6 Å². The minimum atomic E-state index is -0.580. The van der Waals surface area contributed by atoms with Crippen LogP contribution < -0.4 is 5.32 Å². The number of rotatable bonds is 0. The van der Waals surface area contributed by atoms with Crippen molar-refractivity contribution in [3.05, 3.63) is 29.6 Å². The first-order valence-electron chi connectivity index (χ1n) is 4.80. The summed E-state index contributed by atoms with van der Waals surface area (Å²) >= 11 is 0. The molecule has 1 aliphatic heterocycles. The number of benzene rings is 1. The monoisotopic (exact) mass is 209 g/mol. The van der Waals surface area contributed by atoms with Crippen LogP contribution in [0.3, 0.4) is 0 Å². The smallest absolute Gasteiger partial charge is 0.152 e. The minimum Gasteiger partial charge on any atom is -0.323 e. The molecular weight excluding hydrogens is 200 g/mol. The van der Waals surface area contributed by atoms with Crippen LogP contribution in [0.25, 0.3) is 11.0 Å². The molecule has 0 saturated carbocycles. The average Bonchev–Trinajstić information content (AvgIpc) is 2.54. The van der Waals surface area contributed by atoms with Crippen molar-refractivity contribution in [2.24, 2.45) is 0 Å². The second kappa shape index (κ2) is 3.00. The molecule has 1 aromatic carbocycles. The number of nitrogens with one attached hydrogen (secondary N) is 1. The van der Waals surface area contributed by atoms with E-state index in [2.05, 4.69) is 10.3 Å². The first kappa shape index (κ1) is 8.79. The van der Waals surface area contributed by atoms with Gasteiger partial charge in [-0.3, -0.25) is 0 Å². The van der Waals surface area contributed by atoms with Gasteiger partial charge in [0, 0.05) is 25.2 Å². The summed E-state index contributed by atoms with van der Waals surface area (Å²) in [4.78, 5) is 4.20. The highest BCUT2D eigenvalue weighted by molar-refractivity contribution is 5.77. The van der Waals surface area contributed by atoms with Crippen LogP contribution in [-0.4, -0.2) is 16.1 Å². The molecule has 0 spiro atoms. The summed E-state index contributed by atoms with van der Waals surface area (Å²) in [6.07, 6.45) is 0. The van der Waals surface area contributed by atoms with E-state index in [-0.39, 0.29) is 0 Å². The van der Waals surface area contributed by atoms with Crippen LogP contribution in [0.4, 0.5) is 8.78 Å². The summed E-state index contributed by atoms with van der Waals surface area (Å²) in [5.41, 5.74) is 0.805. The van der Waals surface area contributed by atoms with E-state index in [4.69, 9.17) is 0 Å². The Bertz CT molecular complexity index is 533. The highest BCUT2D eigenvalue weighted by atomic mass is 19.1. The summed E-state index contributed by atoms with van der Waals surface area (Å²) in [5, 5.41) is 3.14. The maximum Gasteiger partial charge on any atom is 0.152 e. The van der Waals surface area contributed by atoms with E-state index in [0.29, 0.717) is 24.1 Å². The lowest BCUT2D eigenvalue weighted by atomic mass is 10.3. The molecular formula is C10H9F2N3. The van der Waals surface area contributed by atoms with Crippen molar-refractivity contribution in [1.82, 2.24) is 14.9 Å². The van der Waals surface area contributed by atoms with Crippen molar-refractivity contribution in [2.45, 2.75) is 13.1 Å². The van der Waals surface area contributed by atoms with Crippen molar-refractivity contribution in [2.75, 3.05) is 6.54 Å². The molecule has 15 heavy (non-hydrogen) atoms. The summed E-state index contributed by atoms with van der Waals surface area (Å²) in [6, 6.07) is 2.17. The number of hydrogen-bond acceptors (Lipinski definition) is 2. The minimum absolute atomic E-state index is 0.395. The number of fused-ring (bicyclic) bond motifs is 3. The van der Waals surface area contributed by atoms with Gasteiger partial charge in [-0.2, -0.15) is 0 Å². The molecule has 0 atom stereocenters. The van der Waals surface area contributed by atoms with Gasteiger partial charge in [0.25, 0.3) is 0 Å². The standard InChI is InChI=1S/C10H9F2N3/c11-6-3-7(12)10-8(4-6)14-9-5-13-1-2-15(9)10/h3-4,13H,1-2,5H2. The number of nitrogens with zero attached hydrogens (tertiary/aromatic N) is 2. The quantitative estimate of drug-likeness (QED) is 0.711. The molecule has 78 valence electrons. The highest BCUT2D eigenvalue weighted by Crippen LogP contribution is 2.22. The van der Waals surface area contributed by atoms with Gasteiger partial charge >= 0.3 is 0 Å². The lowest BCUT2D eigenvalue weighted by Gasteiger charge is -2.15. The molecule has 0 amide bonds. The van der Waals surface area contributed by atoms with Crippen LogP contribution >= 0.6 is 0 Å². The van der Waals surface area contributed by atoms with Gasteiger partial charge < -0.3 is 9.88 Å². The van der Waals surface area contributed by atoms with Gasteiger partial charge in [-0.15, -0.1) is 0 Å². The van der Waals surface area contributed by atoms with Crippen LogP contribution in [0, 0.1) is 11.6 Å². The maximum absolute atomic E-state index is 13.5. The number of aromatic nitrogens is 2. The third-order valence-electron chi connectivity index (χ3n) is 2.63. The Morgan fingerprint density at radius 1 is 1.33 bits per heavy atom. The largest absolute Gasteiger partial charge is 0.323 e. The van der Waals surface area contributed by atoms with E-state index in [9.17, 15) is 8.78 Å². The van der Waals surface area contributed by atoms with Gasteiger partial charge in [0.2, 0.25) is 0 Å². The lowest BCUT2D eigenvalue weighted by Crippen LogP contribution is -2.28. The Hall–Kier alpha value is -1.49. The average molecular weight is 209 g/mol. The second-order valence-corrected chi connectivity index (χ2v) is 3.61. The molecule has 0 fully saturated rings. The fraction of sp³-hybridized carbons (Fsp3) is 0.300. The third-order valence-corrected chi connectivity index (χ3v) is 2.63. The summed E-state index contributed by atoms with van der Waals surface area (Å²) < 4.78 is 28.3. The first-order valence-corrected chi connectivity index (χ1v) is 4.80. The fourth-order valence-electron chi connectivity index (χ4n) is 2.00. The van der Waals surface area contributed by atoms with Gasteiger partial charge in [0.05, 0.1) is 12.1 Å². The predicted molar refractivity (Wildman–Crippen MR) is 51.4 cm³/mol. The topological polar surface area (TPSA) is 29.9 Å². The molecule has 0 aliphatic carbocycles. The Morgan fingerprint density at radius 3 is 3.07 bits per heavy atom. The molecule has 3 rings (SSSR count). The van der Waals surface area contributed by atoms with E-state index in [1.54, 1.807) is 4.57 Å². The summed E-state index contributed by atoms with van der Waals surface area (Å²) in [6.45, 7) is 2.07. The van der Waals surface area contributed by atoms with Crippen LogP contribution in [0.2, 0.25) is 0 Å². The van der Waals surface area contributed by atoms with Gasteiger partial charge in [0.1, 0.15) is 17.2 Å². The van der Waals surface area contributed by atoms with E-state index in [1.165, 1.54) is 6.07 Å². The zero-order valence-corrected chi connectivity index (χ0v) is 7.93. The first-order chi connectivity index (χ1) is 7.25. The molecule has 5 heteroatoms. The predicted octanol–water partition coefficient (Wildman–Crippen LogP) is 1.42. The molecule has 0 unspecified atom stereocenters. The molecule has 2 heterocycles. The van der Waals surface area contributed by atoms with Gasteiger partial charge in [0.15, 0.2) is 5.82 Å². The maximum atomic E-state index is 13.5. The van der Waals surface area contributed by atoms with Crippen molar-refractivity contribution < 1.29 is 8.78 Å². The number of imidazole rings is 1. The van der Waals surface area contributed by atoms with Gasteiger partial charge in [-0.05, 0) is 0 Å². The Kier molecular flexibility index (Phi) is 1.76. The Labute approximate surface area is 84.7 Å². The Balaban J connectivity index is 2.37. The van der Waals surface area contributed by atoms with Crippen molar-refractivity contribution in [3.8, 4) is 0 Å². The number of halogens is 2. The SMILES string of the molecule is Fc1cc(F)c2c(c1)nc1n2CCNC1. The molecule has 3 nitrogen and oxygen atoms in total. The van der Waals surface area contributed by atoms with Crippen LogP contribution in [0.5, 0.6) is 0 Å². The van der Waals surface area contributed by atoms with Crippen LogP contribution in [0.15, 0.2) is 12.1 Å². The zero-order valence-electron chi connectivity index (χ0n) is 7.93. The van der Waals surface area contributed by atoms with E-state index >= 15 is 0 Å². The summed E-state index contributed by atoms with van der Waals surface area (Å²) in [7, 11) is 0. The lowest BCUT2D eigenvalue weighted by molar-refractivity contribution is 0.507. The molecule has 2 aromatic rings. The fourth-order valence-corrected chi connectivity index (χ4v) is 2.00. The van der Waals surface area contributed by atoms with E-state index in [0.717, 1.165) is 18.4 Å². The molecule has 1 N–H and O–H groups in total. The van der Waals surface area contributed by atoms with Crippen LogP contribution in [-0.2, 0) is 13.1 Å².